The molecule has 1 saturated carbocycles. The summed E-state index contributed by atoms with van der Waals surface area (Å²) in [7, 11) is 0. The Labute approximate surface area is 121 Å². The van der Waals surface area contributed by atoms with E-state index in [-0.39, 0.29) is 11.8 Å². The van der Waals surface area contributed by atoms with Crippen molar-refractivity contribution >= 4 is 5.91 Å². The Hall–Kier alpha value is -1.51. The number of carbonyl (C=O) groups is 1. The maximum atomic E-state index is 11.9. The molecule has 1 aliphatic rings. The van der Waals surface area contributed by atoms with Gasteiger partial charge in [0.15, 0.2) is 0 Å². The van der Waals surface area contributed by atoms with E-state index in [0.717, 1.165) is 25.0 Å². The SMILES string of the molecule is CCc1ccc(OCCNC(=O)C2CCCCC2)cc1. The average molecular weight is 275 g/mol. The van der Waals surface area contributed by atoms with Crippen LogP contribution in [0.5, 0.6) is 5.75 Å². The highest BCUT2D eigenvalue weighted by atomic mass is 16.5. The maximum absolute atomic E-state index is 11.9. The summed E-state index contributed by atoms with van der Waals surface area (Å²) in [6, 6.07) is 8.13. The molecule has 0 aliphatic heterocycles. The predicted molar refractivity (Wildman–Crippen MR) is 80.9 cm³/mol. The van der Waals surface area contributed by atoms with Gasteiger partial charge in [0, 0.05) is 5.92 Å². The van der Waals surface area contributed by atoms with E-state index in [4.69, 9.17) is 4.74 Å². The molecular formula is C17H25NO2. The van der Waals surface area contributed by atoms with Gasteiger partial charge in [-0.1, -0.05) is 38.3 Å². The van der Waals surface area contributed by atoms with Crippen molar-refractivity contribution in [2.75, 3.05) is 13.2 Å². The number of ether oxygens (including phenoxy) is 1. The number of rotatable bonds is 6. The highest BCUT2D eigenvalue weighted by Gasteiger charge is 2.20. The molecule has 1 aliphatic carbocycles. The number of carbonyl (C=O) groups excluding carboxylic acids is 1. The topological polar surface area (TPSA) is 38.3 Å². The van der Waals surface area contributed by atoms with Gasteiger partial charge in [0.05, 0.1) is 6.54 Å². The van der Waals surface area contributed by atoms with Crippen LogP contribution in [0.15, 0.2) is 24.3 Å². The zero-order valence-corrected chi connectivity index (χ0v) is 12.4. The van der Waals surface area contributed by atoms with Crippen molar-refractivity contribution < 1.29 is 9.53 Å². The molecule has 0 spiro atoms. The van der Waals surface area contributed by atoms with Crippen LogP contribution < -0.4 is 10.1 Å². The number of hydrogen-bond donors (Lipinski definition) is 1. The third-order valence-corrected chi connectivity index (χ3v) is 3.98. The van der Waals surface area contributed by atoms with Crippen LogP contribution in [-0.2, 0) is 11.2 Å². The second-order valence-electron chi connectivity index (χ2n) is 5.47. The van der Waals surface area contributed by atoms with Crippen molar-refractivity contribution in [3.63, 3.8) is 0 Å². The van der Waals surface area contributed by atoms with Crippen LogP contribution in [0.4, 0.5) is 0 Å². The quantitative estimate of drug-likeness (QED) is 0.809. The van der Waals surface area contributed by atoms with Crippen LogP contribution in [0.1, 0.15) is 44.6 Å². The summed E-state index contributed by atoms with van der Waals surface area (Å²) >= 11 is 0. The summed E-state index contributed by atoms with van der Waals surface area (Å²) in [5.41, 5.74) is 1.31. The third-order valence-electron chi connectivity index (χ3n) is 3.98. The molecule has 0 atom stereocenters. The van der Waals surface area contributed by atoms with Gasteiger partial charge in [-0.15, -0.1) is 0 Å². The van der Waals surface area contributed by atoms with Gasteiger partial charge in [-0.25, -0.2) is 0 Å². The van der Waals surface area contributed by atoms with E-state index >= 15 is 0 Å². The monoisotopic (exact) mass is 275 g/mol. The van der Waals surface area contributed by atoms with Crippen molar-refractivity contribution in [3.8, 4) is 5.75 Å². The van der Waals surface area contributed by atoms with Gasteiger partial charge in [-0.3, -0.25) is 4.79 Å². The lowest BCUT2D eigenvalue weighted by Gasteiger charge is -2.20. The fourth-order valence-corrected chi connectivity index (χ4v) is 2.67. The summed E-state index contributed by atoms with van der Waals surface area (Å²) in [5, 5.41) is 2.98. The minimum atomic E-state index is 0.203. The summed E-state index contributed by atoms with van der Waals surface area (Å²) in [6.07, 6.45) is 6.80. The predicted octanol–water partition coefficient (Wildman–Crippen LogP) is 3.32. The molecule has 20 heavy (non-hydrogen) atoms. The van der Waals surface area contributed by atoms with E-state index in [2.05, 4.69) is 24.4 Å². The lowest BCUT2D eigenvalue weighted by atomic mass is 9.89. The molecule has 0 aromatic heterocycles. The normalized spacial score (nSPS) is 15.8. The molecule has 3 heteroatoms. The van der Waals surface area contributed by atoms with Crippen LogP contribution >= 0.6 is 0 Å². The Kier molecular flexibility index (Phi) is 5.90. The van der Waals surface area contributed by atoms with Crippen molar-refractivity contribution in [1.29, 1.82) is 0 Å². The summed E-state index contributed by atoms with van der Waals surface area (Å²) in [5.74, 6) is 1.30. The Morgan fingerprint density at radius 2 is 1.90 bits per heavy atom. The molecule has 0 unspecified atom stereocenters. The lowest BCUT2D eigenvalue weighted by Crippen LogP contribution is -2.34. The molecule has 0 saturated heterocycles. The fraction of sp³-hybridized carbons (Fsp3) is 0.588. The van der Waals surface area contributed by atoms with E-state index in [1.54, 1.807) is 0 Å². The van der Waals surface area contributed by atoms with Crippen molar-refractivity contribution in [2.24, 2.45) is 5.92 Å². The van der Waals surface area contributed by atoms with Crippen LogP contribution in [0.3, 0.4) is 0 Å². The lowest BCUT2D eigenvalue weighted by molar-refractivity contribution is -0.126. The average Bonchev–Trinajstić information content (AvgIpc) is 2.53. The van der Waals surface area contributed by atoms with Gasteiger partial charge in [0.25, 0.3) is 0 Å². The minimum Gasteiger partial charge on any atom is -0.492 e. The molecule has 3 nitrogen and oxygen atoms in total. The largest absolute Gasteiger partial charge is 0.492 e. The number of nitrogens with one attached hydrogen (secondary N) is 1. The van der Waals surface area contributed by atoms with E-state index in [9.17, 15) is 4.79 Å². The van der Waals surface area contributed by atoms with Crippen LogP contribution in [0.2, 0.25) is 0 Å². The molecule has 2 rings (SSSR count). The van der Waals surface area contributed by atoms with Crippen LogP contribution in [-0.4, -0.2) is 19.1 Å². The molecule has 1 fully saturated rings. The maximum Gasteiger partial charge on any atom is 0.223 e. The molecule has 1 N–H and O–H groups in total. The molecule has 110 valence electrons. The summed E-state index contributed by atoms with van der Waals surface area (Å²) in [4.78, 5) is 11.9. The van der Waals surface area contributed by atoms with Crippen LogP contribution in [0, 0.1) is 5.92 Å². The van der Waals surface area contributed by atoms with E-state index in [0.29, 0.717) is 13.2 Å². The molecule has 0 bridgehead atoms. The first-order valence-electron chi connectivity index (χ1n) is 7.79. The smallest absolute Gasteiger partial charge is 0.223 e. The number of amides is 1. The van der Waals surface area contributed by atoms with Gasteiger partial charge in [-0.2, -0.15) is 0 Å². The van der Waals surface area contributed by atoms with E-state index in [1.807, 2.05) is 12.1 Å². The Balaban J connectivity index is 1.64. The van der Waals surface area contributed by atoms with Crippen LogP contribution in [0.25, 0.3) is 0 Å². The highest BCUT2D eigenvalue weighted by molar-refractivity contribution is 5.78. The second-order valence-corrected chi connectivity index (χ2v) is 5.47. The summed E-state index contributed by atoms with van der Waals surface area (Å²) in [6.45, 7) is 3.26. The Bertz CT molecular complexity index is 408. The zero-order chi connectivity index (χ0) is 14.2. The summed E-state index contributed by atoms with van der Waals surface area (Å²) < 4.78 is 5.63. The number of benzene rings is 1. The standard InChI is InChI=1S/C17H25NO2/c1-2-14-8-10-16(11-9-14)20-13-12-18-17(19)15-6-4-3-5-7-15/h8-11,15H,2-7,12-13H2,1H3,(H,18,19). The van der Waals surface area contributed by atoms with Gasteiger partial charge in [-0.05, 0) is 37.0 Å². The first-order chi connectivity index (χ1) is 9.79. The van der Waals surface area contributed by atoms with Gasteiger partial charge >= 0.3 is 0 Å². The van der Waals surface area contributed by atoms with Crippen molar-refractivity contribution in [2.45, 2.75) is 45.4 Å². The molecule has 1 aromatic carbocycles. The molecule has 0 radical (unpaired) electrons. The zero-order valence-electron chi connectivity index (χ0n) is 12.4. The highest BCUT2D eigenvalue weighted by Crippen LogP contribution is 2.23. The van der Waals surface area contributed by atoms with Crippen molar-refractivity contribution in [3.05, 3.63) is 29.8 Å². The van der Waals surface area contributed by atoms with Gasteiger partial charge < -0.3 is 10.1 Å². The second kappa shape index (κ2) is 7.93. The molecular weight excluding hydrogens is 250 g/mol. The number of hydrogen-bond acceptors (Lipinski definition) is 2. The fourth-order valence-electron chi connectivity index (χ4n) is 2.67. The van der Waals surface area contributed by atoms with Gasteiger partial charge in [0.1, 0.15) is 12.4 Å². The van der Waals surface area contributed by atoms with Gasteiger partial charge in [0.2, 0.25) is 5.91 Å². The van der Waals surface area contributed by atoms with E-state index in [1.165, 1.54) is 24.8 Å². The Morgan fingerprint density at radius 1 is 1.20 bits per heavy atom. The first-order valence-corrected chi connectivity index (χ1v) is 7.79. The van der Waals surface area contributed by atoms with Crippen molar-refractivity contribution in [1.82, 2.24) is 5.32 Å². The van der Waals surface area contributed by atoms with E-state index < -0.39 is 0 Å². The molecule has 1 amide bonds. The third kappa shape index (κ3) is 4.55. The molecule has 0 heterocycles. The molecule has 1 aromatic rings. The Morgan fingerprint density at radius 3 is 2.55 bits per heavy atom. The first kappa shape index (κ1) is 14.9. The minimum absolute atomic E-state index is 0.203. The number of aryl methyl sites for hydroxylation is 1.